The van der Waals surface area contributed by atoms with Crippen molar-refractivity contribution < 1.29 is 4.74 Å². The fraction of sp³-hybridized carbons (Fsp3) is 0.750. The lowest BCUT2D eigenvalue weighted by molar-refractivity contribution is -0.146. The van der Waals surface area contributed by atoms with E-state index in [1.807, 2.05) is 14.0 Å². The number of nitrogens with zero attached hydrogens (tertiary/aromatic N) is 2. The normalized spacial score (nSPS) is 28.0. The highest BCUT2D eigenvalue weighted by atomic mass is 16.5. The molecule has 0 amide bonds. The van der Waals surface area contributed by atoms with Gasteiger partial charge in [0.15, 0.2) is 0 Å². The van der Waals surface area contributed by atoms with Crippen LogP contribution in [-0.2, 0) is 11.8 Å². The van der Waals surface area contributed by atoms with Gasteiger partial charge in [0.05, 0.1) is 23.9 Å². The van der Waals surface area contributed by atoms with Crippen LogP contribution >= 0.6 is 0 Å². The van der Waals surface area contributed by atoms with E-state index in [0.717, 1.165) is 24.7 Å². The van der Waals surface area contributed by atoms with Crippen LogP contribution in [0.15, 0.2) is 6.20 Å². The minimum atomic E-state index is 0.0407. The molecule has 1 spiro atoms. The Kier molecular flexibility index (Phi) is 2.30. The van der Waals surface area contributed by atoms with Crippen molar-refractivity contribution in [2.75, 3.05) is 13.2 Å². The number of morpholine rings is 1. The molecule has 0 aromatic carbocycles. The van der Waals surface area contributed by atoms with Gasteiger partial charge in [-0.15, -0.1) is 0 Å². The van der Waals surface area contributed by atoms with E-state index in [4.69, 9.17) is 4.74 Å². The zero-order chi connectivity index (χ0) is 11.2. The van der Waals surface area contributed by atoms with Crippen LogP contribution in [0.25, 0.3) is 0 Å². The molecular weight excluding hydrogens is 202 g/mol. The summed E-state index contributed by atoms with van der Waals surface area (Å²) in [7, 11) is 2.04. The van der Waals surface area contributed by atoms with Gasteiger partial charge in [-0.1, -0.05) is 0 Å². The standard InChI is InChI=1S/C12H19N3O/c1-9-14-10(8-15(9)2)11-12(4-3-5-12)16-7-6-13-11/h8,11,13H,3-7H2,1-2H3. The van der Waals surface area contributed by atoms with Crippen LogP contribution in [0.3, 0.4) is 0 Å². The van der Waals surface area contributed by atoms with Crippen LogP contribution in [0.4, 0.5) is 0 Å². The third-order valence-corrected chi connectivity index (χ3v) is 3.99. The van der Waals surface area contributed by atoms with Gasteiger partial charge in [0, 0.05) is 19.8 Å². The molecule has 2 aliphatic rings. The molecule has 1 aromatic heterocycles. The molecule has 4 nitrogen and oxygen atoms in total. The van der Waals surface area contributed by atoms with Crippen molar-refractivity contribution in [3.8, 4) is 0 Å². The lowest BCUT2D eigenvalue weighted by atomic mass is 9.73. The topological polar surface area (TPSA) is 39.1 Å². The Labute approximate surface area is 96.0 Å². The fourth-order valence-corrected chi connectivity index (χ4v) is 2.78. The maximum absolute atomic E-state index is 6.01. The third kappa shape index (κ3) is 1.40. The molecular formula is C12H19N3O. The highest BCUT2D eigenvalue weighted by Gasteiger charge is 2.48. The van der Waals surface area contributed by atoms with E-state index in [1.165, 1.54) is 19.3 Å². The molecule has 1 saturated heterocycles. The van der Waals surface area contributed by atoms with Crippen molar-refractivity contribution in [1.29, 1.82) is 0 Å². The molecule has 0 radical (unpaired) electrons. The van der Waals surface area contributed by atoms with E-state index in [2.05, 4.69) is 21.1 Å². The predicted molar refractivity (Wildman–Crippen MR) is 61.2 cm³/mol. The number of hydrogen-bond donors (Lipinski definition) is 1. The Morgan fingerprint density at radius 3 is 2.94 bits per heavy atom. The monoisotopic (exact) mass is 221 g/mol. The van der Waals surface area contributed by atoms with Gasteiger partial charge in [-0.25, -0.2) is 4.98 Å². The number of imidazole rings is 1. The maximum atomic E-state index is 6.01. The maximum Gasteiger partial charge on any atom is 0.105 e. The van der Waals surface area contributed by atoms with Gasteiger partial charge in [0.1, 0.15) is 5.82 Å². The van der Waals surface area contributed by atoms with Crippen LogP contribution in [0, 0.1) is 6.92 Å². The highest BCUT2D eigenvalue weighted by molar-refractivity contribution is 5.17. The van der Waals surface area contributed by atoms with Crippen molar-refractivity contribution in [1.82, 2.24) is 14.9 Å². The first kappa shape index (κ1) is 10.3. The van der Waals surface area contributed by atoms with Crippen molar-refractivity contribution in [2.24, 2.45) is 7.05 Å². The van der Waals surface area contributed by atoms with E-state index in [-0.39, 0.29) is 11.6 Å². The van der Waals surface area contributed by atoms with E-state index in [9.17, 15) is 0 Å². The van der Waals surface area contributed by atoms with Crippen LogP contribution in [0.1, 0.15) is 36.8 Å². The van der Waals surface area contributed by atoms with E-state index in [0.29, 0.717) is 0 Å². The van der Waals surface area contributed by atoms with Crippen LogP contribution in [0.5, 0.6) is 0 Å². The van der Waals surface area contributed by atoms with Gasteiger partial charge in [0.2, 0.25) is 0 Å². The molecule has 1 aromatic rings. The van der Waals surface area contributed by atoms with E-state index < -0.39 is 0 Å². The predicted octanol–water partition coefficient (Wildman–Crippen LogP) is 1.31. The molecule has 1 aliphatic carbocycles. The second-order valence-corrected chi connectivity index (χ2v) is 4.98. The Bertz CT molecular complexity index is 375. The zero-order valence-corrected chi connectivity index (χ0v) is 9.99. The van der Waals surface area contributed by atoms with Crippen molar-refractivity contribution >= 4 is 0 Å². The smallest absolute Gasteiger partial charge is 0.105 e. The molecule has 3 rings (SSSR count). The van der Waals surface area contributed by atoms with Crippen LogP contribution in [-0.4, -0.2) is 28.3 Å². The lowest BCUT2D eigenvalue weighted by Gasteiger charge is -2.49. The molecule has 2 fully saturated rings. The van der Waals surface area contributed by atoms with E-state index in [1.54, 1.807) is 0 Å². The summed E-state index contributed by atoms with van der Waals surface area (Å²) in [5, 5.41) is 3.57. The Morgan fingerprint density at radius 2 is 2.38 bits per heavy atom. The summed E-state index contributed by atoms with van der Waals surface area (Å²) in [5.74, 6) is 1.07. The molecule has 16 heavy (non-hydrogen) atoms. The summed E-state index contributed by atoms with van der Waals surface area (Å²) in [6, 6.07) is 0.287. The molecule has 1 saturated carbocycles. The third-order valence-electron chi connectivity index (χ3n) is 3.99. The number of ether oxygens (including phenoxy) is 1. The summed E-state index contributed by atoms with van der Waals surface area (Å²) in [5.41, 5.74) is 1.18. The first-order valence-corrected chi connectivity index (χ1v) is 6.08. The van der Waals surface area contributed by atoms with Gasteiger partial charge < -0.3 is 14.6 Å². The number of aryl methyl sites for hydroxylation is 2. The van der Waals surface area contributed by atoms with Crippen LogP contribution < -0.4 is 5.32 Å². The van der Waals surface area contributed by atoms with Gasteiger partial charge in [-0.3, -0.25) is 0 Å². The van der Waals surface area contributed by atoms with Crippen LogP contribution in [0.2, 0.25) is 0 Å². The molecule has 0 bridgehead atoms. The molecule has 1 N–H and O–H groups in total. The molecule has 1 atom stereocenters. The second-order valence-electron chi connectivity index (χ2n) is 4.98. The zero-order valence-electron chi connectivity index (χ0n) is 9.99. The van der Waals surface area contributed by atoms with E-state index >= 15 is 0 Å². The minimum absolute atomic E-state index is 0.0407. The minimum Gasteiger partial charge on any atom is -0.372 e. The number of nitrogens with one attached hydrogen (secondary N) is 1. The first-order chi connectivity index (χ1) is 7.71. The second kappa shape index (κ2) is 3.57. The number of rotatable bonds is 1. The first-order valence-electron chi connectivity index (χ1n) is 6.08. The average molecular weight is 221 g/mol. The van der Waals surface area contributed by atoms with Gasteiger partial charge in [0.25, 0.3) is 0 Å². The molecule has 1 aliphatic heterocycles. The fourth-order valence-electron chi connectivity index (χ4n) is 2.78. The van der Waals surface area contributed by atoms with Crippen molar-refractivity contribution in [2.45, 2.75) is 37.8 Å². The largest absolute Gasteiger partial charge is 0.372 e. The summed E-state index contributed by atoms with van der Waals surface area (Å²) >= 11 is 0. The number of hydrogen-bond acceptors (Lipinski definition) is 3. The molecule has 88 valence electrons. The van der Waals surface area contributed by atoms with Gasteiger partial charge in [-0.05, 0) is 26.2 Å². The summed E-state index contributed by atoms with van der Waals surface area (Å²) in [6.45, 7) is 3.81. The Morgan fingerprint density at radius 1 is 1.56 bits per heavy atom. The Balaban J connectivity index is 1.91. The highest BCUT2D eigenvalue weighted by Crippen LogP contribution is 2.46. The van der Waals surface area contributed by atoms with Crippen molar-refractivity contribution in [3.05, 3.63) is 17.7 Å². The summed E-state index contributed by atoms with van der Waals surface area (Å²) in [6.07, 6.45) is 5.74. The summed E-state index contributed by atoms with van der Waals surface area (Å²) < 4.78 is 8.09. The molecule has 4 heteroatoms. The number of aromatic nitrogens is 2. The average Bonchev–Trinajstić information content (AvgIpc) is 2.57. The molecule has 2 heterocycles. The Hall–Kier alpha value is -0.870. The van der Waals surface area contributed by atoms with Gasteiger partial charge in [-0.2, -0.15) is 0 Å². The summed E-state index contributed by atoms with van der Waals surface area (Å²) in [4.78, 5) is 4.63. The molecule has 1 unspecified atom stereocenters. The lowest BCUT2D eigenvalue weighted by Crippen LogP contribution is -2.56. The quantitative estimate of drug-likeness (QED) is 0.777. The van der Waals surface area contributed by atoms with Gasteiger partial charge >= 0.3 is 0 Å². The SMILES string of the molecule is Cc1nc(C2NCCOC23CCC3)cn1C. The van der Waals surface area contributed by atoms with Crippen molar-refractivity contribution in [3.63, 3.8) is 0 Å².